The van der Waals surface area contributed by atoms with Crippen LogP contribution in [0.4, 0.5) is 0 Å². The summed E-state index contributed by atoms with van der Waals surface area (Å²) in [5.41, 5.74) is 0. The van der Waals surface area contributed by atoms with Gasteiger partial charge in [0.05, 0.1) is 32.8 Å². The van der Waals surface area contributed by atoms with Crippen LogP contribution in [0.25, 0.3) is 0 Å². The molecule has 17 nitrogen and oxygen atoms in total. The Morgan fingerprint density at radius 1 is 0.300 bits per heavy atom. The van der Waals surface area contributed by atoms with E-state index in [-0.39, 0.29) is 25.7 Å². The van der Waals surface area contributed by atoms with Gasteiger partial charge in [-0.3, -0.25) is 37.3 Å². The molecule has 0 aliphatic rings. The number of unbranched alkanes of at least 4 members (excludes halogenated alkanes) is 24. The summed E-state index contributed by atoms with van der Waals surface area (Å²) in [6.45, 7) is 4.46. The molecule has 0 aromatic heterocycles. The number of hydrogen-bond acceptors (Lipinski definition) is 15. The Kier molecular flexibility index (Phi) is 69.1. The SMILES string of the molecule is CC/C=C\C/C=C\C/C=C\C/C=C\C/C=C\CC(=O)OCC(COP(=O)(O)OCC(O)COP(=O)(O)OCC(COC(=O)CCCCCCCC/C=C\C/C=C\C/C=C\CCCCC)OC(=O)CCCCCCCCCCCCC)OC(=O)CCCCCCC/C=C\C/C=C\C/C=C\CC. The van der Waals surface area contributed by atoms with Crippen LogP contribution in [0.2, 0.25) is 0 Å². The average Bonchev–Trinajstić information content (AvgIpc) is 0.966. The van der Waals surface area contributed by atoms with Crippen molar-refractivity contribution in [3.63, 3.8) is 0 Å². The molecule has 0 aromatic rings. The summed E-state index contributed by atoms with van der Waals surface area (Å²) >= 11 is 0. The predicted octanol–water partition coefficient (Wildman–Crippen LogP) is 22.1. The van der Waals surface area contributed by atoms with Crippen molar-refractivity contribution in [3.8, 4) is 0 Å². The van der Waals surface area contributed by atoms with E-state index in [4.69, 9.17) is 37.0 Å². The fourth-order valence-electron chi connectivity index (χ4n) is 9.84. The number of aliphatic hydroxyl groups excluding tert-OH is 1. The van der Waals surface area contributed by atoms with Gasteiger partial charge in [-0.05, 0) is 122 Å². The Balaban J connectivity index is 5.40. The van der Waals surface area contributed by atoms with Crippen LogP contribution in [0.5, 0.6) is 0 Å². The number of phosphoric acid groups is 2. The Labute approximate surface area is 605 Å². The maximum absolute atomic E-state index is 13.1. The van der Waals surface area contributed by atoms with Crippen LogP contribution in [0.15, 0.2) is 134 Å². The summed E-state index contributed by atoms with van der Waals surface area (Å²) in [5.74, 6) is -2.35. The number of carbonyl (C=O) groups excluding carboxylic acids is 4. The van der Waals surface area contributed by atoms with Crippen molar-refractivity contribution in [2.45, 2.75) is 316 Å². The highest BCUT2D eigenvalue weighted by atomic mass is 31.2. The maximum atomic E-state index is 13.1. The molecular weight excluding hydrogens is 1310 g/mol. The lowest BCUT2D eigenvalue weighted by molar-refractivity contribution is -0.161. The minimum Gasteiger partial charge on any atom is -0.462 e. The topological polar surface area (TPSA) is 237 Å². The molecule has 100 heavy (non-hydrogen) atoms. The molecule has 0 fully saturated rings. The lowest BCUT2D eigenvalue weighted by Gasteiger charge is -2.21. The van der Waals surface area contributed by atoms with Crippen molar-refractivity contribution in [2.75, 3.05) is 39.6 Å². The van der Waals surface area contributed by atoms with Crippen molar-refractivity contribution in [3.05, 3.63) is 134 Å². The molecule has 3 N–H and O–H groups in total. The minimum atomic E-state index is -5.00. The number of allylic oxidation sites excluding steroid dienone is 21. The summed E-state index contributed by atoms with van der Waals surface area (Å²) in [4.78, 5) is 72.8. The van der Waals surface area contributed by atoms with Crippen LogP contribution >= 0.6 is 15.6 Å². The lowest BCUT2D eigenvalue weighted by Crippen LogP contribution is -2.30. The molecule has 0 amide bonds. The maximum Gasteiger partial charge on any atom is 0.472 e. The zero-order valence-electron chi connectivity index (χ0n) is 62.3. The summed E-state index contributed by atoms with van der Waals surface area (Å²) in [6, 6.07) is 0. The zero-order chi connectivity index (χ0) is 73.2. The second-order valence-electron chi connectivity index (χ2n) is 25.2. The second-order valence-corrected chi connectivity index (χ2v) is 28.1. The quantitative estimate of drug-likeness (QED) is 0.0169. The fraction of sp³-hybridized carbons (Fsp3) is 0.679. The number of hydrogen-bond donors (Lipinski definition) is 3. The first-order valence-corrected chi connectivity index (χ1v) is 41.4. The van der Waals surface area contributed by atoms with Gasteiger partial charge in [0.25, 0.3) is 0 Å². The first kappa shape index (κ1) is 95.2. The first-order valence-electron chi connectivity index (χ1n) is 38.4. The Hall–Kier alpha value is -4.80. The number of carbonyl (C=O) groups is 4. The van der Waals surface area contributed by atoms with Gasteiger partial charge in [0.1, 0.15) is 19.3 Å². The van der Waals surface area contributed by atoms with Gasteiger partial charge in [0.2, 0.25) is 0 Å². The van der Waals surface area contributed by atoms with Crippen molar-refractivity contribution >= 4 is 39.5 Å². The van der Waals surface area contributed by atoms with Gasteiger partial charge in [-0.15, -0.1) is 0 Å². The summed E-state index contributed by atoms with van der Waals surface area (Å²) < 4.78 is 68.3. The summed E-state index contributed by atoms with van der Waals surface area (Å²) in [6.07, 6.45) is 80.4. The van der Waals surface area contributed by atoms with Crippen LogP contribution in [-0.2, 0) is 65.4 Å². The Bertz CT molecular complexity index is 2420. The van der Waals surface area contributed by atoms with Crippen LogP contribution in [0.3, 0.4) is 0 Å². The van der Waals surface area contributed by atoms with E-state index in [0.717, 1.165) is 161 Å². The molecule has 0 aromatic carbocycles. The number of ether oxygens (including phenoxy) is 4. The smallest absolute Gasteiger partial charge is 0.462 e. The molecular formula is C81H136O17P2. The largest absolute Gasteiger partial charge is 0.472 e. The van der Waals surface area contributed by atoms with Crippen molar-refractivity contribution in [2.24, 2.45) is 0 Å². The molecule has 5 unspecified atom stereocenters. The standard InChI is InChI=1S/C81H136O17P2/c1-5-9-13-17-21-25-29-32-35-36-37-38-41-43-47-50-54-58-62-66-79(84)91-71-76(97-80(85)67-63-59-55-51-45-28-24-20-16-12-8-4)73-95-99(87,88)93-69-75(82)70-94-100(89,90)96-74-77(98-81(86)68-64-60-56-52-48-44-40-34-31-27-23-19-15-11-7-3)72-92-78(83)65-61-57-53-49-46-42-39-33-30-26-22-18-14-10-6-2/h10-11,14-15,21-23,25-27,32-35,37-40,46,49,57,61,75-77,82H,5-9,12-13,16-20,24,28-31,36,41-45,47-48,50-56,58-60,62-74H2,1-4H3,(H,87,88)(H,89,90)/b14-10-,15-11-,25-21-,26-22-,27-23-,35-32-,38-37-,39-33-,40-34-,49-46-,61-57-. The fourth-order valence-corrected chi connectivity index (χ4v) is 11.4. The molecule has 5 atom stereocenters. The molecule has 0 heterocycles. The number of aliphatic hydroxyl groups is 1. The Morgan fingerprint density at radius 3 is 0.910 bits per heavy atom. The van der Waals surface area contributed by atoms with E-state index >= 15 is 0 Å². The lowest BCUT2D eigenvalue weighted by atomic mass is 10.1. The monoisotopic (exact) mass is 1440 g/mol. The molecule has 0 aliphatic carbocycles. The number of esters is 4. The highest BCUT2D eigenvalue weighted by Crippen LogP contribution is 2.45. The van der Waals surface area contributed by atoms with Gasteiger partial charge in [-0.1, -0.05) is 283 Å². The minimum absolute atomic E-state index is 0.0530. The van der Waals surface area contributed by atoms with Crippen LogP contribution < -0.4 is 0 Å². The van der Waals surface area contributed by atoms with Gasteiger partial charge in [0, 0.05) is 19.3 Å². The van der Waals surface area contributed by atoms with Gasteiger partial charge < -0.3 is 33.8 Å². The summed E-state index contributed by atoms with van der Waals surface area (Å²) in [5, 5.41) is 10.6. The molecule has 0 aliphatic heterocycles. The highest BCUT2D eigenvalue weighted by molar-refractivity contribution is 7.47. The van der Waals surface area contributed by atoms with Crippen LogP contribution in [0, 0.1) is 0 Å². The van der Waals surface area contributed by atoms with E-state index in [1.807, 2.05) is 18.2 Å². The predicted molar refractivity (Wildman–Crippen MR) is 408 cm³/mol. The summed E-state index contributed by atoms with van der Waals surface area (Å²) in [7, 11) is -9.98. The molecule has 0 saturated carbocycles. The van der Waals surface area contributed by atoms with Crippen molar-refractivity contribution in [1.82, 2.24) is 0 Å². The van der Waals surface area contributed by atoms with Gasteiger partial charge in [0.15, 0.2) is 12.2 Å². The molecule has 19 heteroatoms. The third-order valence-electron chi connectivity index (χ3n) is 15.6. The third-order valence-corrected chi connectivity index (χ3v) is 17.5. The average molecular weight is 1440 g/mol. The van der Waals surface area contributed by atoms with E-state index in [2.05, 4.69) is 137 Å². The van der Waals surface area contributed by atoms with E-state index in [1.54, 1.807) is 6.08 Å². The van der Waals surface area contributed by atoms with Crippen molar-refractivity contribution < 1.29 is 80.2 Å². The first-order chi connectivity index (χ1) is 48.7. The number of phosphoric ester groups is 2. The Morgan fingerprint density at radius 2 is 0.560 bits per heavy atom. The molecule has 0 saturated heterocycles. The zero-order valence-corrected chi connectivity index (χ0v) is 64.1. The molecule has 0 spiro atoms. The third kappa shape index (κ3) is 71.6. The molecule has 0 rings (SSSR count). The normalized spacial score (nSPS) is 14.7. The van der Waals surface area contributed by atoms with E-state index < -0.39 is 97.5 Å². The van der Waals surface area contributed by atoms with E-state index in [0.29, 0.717) is 25.7 Å². The van der Waals surface area contributed by atoms with Gasteiger partial charge in [-0.25, -0.2) is 9.13 Å². The molecule has 572 valence electrons. The highest BCUT2D eigenvalue weighted by Gasteiger charge is 2.30. The van der Waals surface area contributed by atoms with E-state index in [1.165, 1.54) is 57.8 Å². The van der Waals surface area contributed by atoms with Crippen LogP contribution in [0.1, 0.15) is 297 Å². The van der Waals surface area contributed by atoms with Gasteiger partial charge in [-0.2, -0.15) is 0 Å². The molecule has 0 radical (unpaired) electrons. The van der Waals surface area contributed by atoms with Gasteiger partial charge >= 0.3 is 39.5 Å². The van der Waals surface area contributed by atoms with E-state index in [9.17, 15) is 43.2 Å². The van der Waals surface area contributed by atoms with Crippen LogP contribution in [-0.4, -0.2) is 96.7 Å². The number of rotatable bonds is 71. The second kappa shape index (κ2) is 72.5. The van der Waals surface area contributed by atoms with Crippen molar-refractivity contribution in [1.29, 1.82) is 0 Å². The molecule has 0 bridgehead atoms.